The Morgan fingerprint density at radius 3 is 2.20 bits per heavy atom. The van der Waals surface area contributed by atoms with Crippen LogP contribution in [0.4, 0.5) is 11.4 Å². The molecule has 9 nitrogen and oxygen atoms in total. The number of halogens is 1. The van der Waals surface area contributed by atoms with Crippen LogP contribution in [0.1, 0.15) is 21.5 Å². The van der Waals surface area contributed by atoms with Gasteiger partial charge in [0.15, 0.2) is 11.5 Å². The minimum atomic E-state index is -0.565. The van der Waals surface area contributed by atoms with E-state index in [9.17, 15) is 14.4 Å². The zero-order valence-electron chi connectivity index (χ0n) is 25.1. The van der Waals surface area contributed by atoms with Crippen LogP contribution in [-0.2, 0) is 9.59 Å². The summed E-state index contributed by atoms with van der Waals surface area (Å²) in [5.41, 5.74) is 2.91. The Bertz CT molecular complexity index is 1700. The maximum absolute atomic E-state index is 13.6. The molecular weight excluding hydrogens is 614 g/mol. The fourth-order valence-corrected chi connectivity index (χ4v) is 5.15. The van der Waals surface area contributed by atoms with Crippen LogP contribution in [0.2, 0.25) is 5.02 Å². The third-order valence-corrected chi connectivity index (χ3v) is 7.69. The number of benzene rings is 4. The summed E-state index contributed by atoms with van der Waals surface area (Å²) in [4.78, 5) is 40.0. The van der Waals surface area contributed by atoms with Crippen molar-refractivity contribution in [1.29, 1.82) is 0 Å². The second kappa shape index (κ2) is 15.7. The Hall–Kier alpha value is -4.93. The van der Waals surface area contributed by atoms with Crippen molar-refractivity contribution < 1.29 is 28.6 Å². The van der Waals surface area contributed by atoms with Crippen molar-refractivity contribution >= 4 is 58.5 Å². The molecule has 0 aromatic heterocycles. The topological polar surface area (TPSA) is 115 Å². The molecule has 0 atom stereocenters. The summed E-state index contributed by atoms with van der Waals surface area (Å²) < 4.78 is 16.3. The first-order chi connectivity index (χ1) is 21.7. The van der Waals surface area contributed by atoms with Gasteiger partial charge in [-0.1, -0.05) is 41.9 Å². The zero-order chi connectivity index (χ0) is 32.3. The van der Waals surface area contributed by atoms with Gasteiger partial charge in [-0.25, -0.2) is 0 Å². The van der Waals surface area contributed by atoms with E-state index in [0.29, 0.717) is 44.8 Å². The number of hydrogen-bond acceptors (Lipinski definition) is 7. The van der Waals surface area contributed by atoms with Crippen molar-refractivity contribution in [3.05, 3.63) is 112 Å². The van der Waals surface area contributed by atoms with Crippen molar-refractivity contribution in [3.8, 4) is 17.2 Å². The summed E-state index contributed by atoms with van der Waals surface area (Å²) in [7, 11) is 4.47. The smallest absolute Gasteiger partial charge is 0.272 e. The number of carbonyl (C=O) groups is 3. The number of hydrogen-bond donors (Lipinski definition) is 3. The van der Waals surface area contributed by atoms with Gasteiger partial charge in [-0.2, -0.15) is 0 Å². The Morgan fingerprint density at radius 2 is 1.53 bits per heavy atom. The number of thioether (sulfide) groups is 1. The highest BCUT2D eigenvalue weighted by molar-refractivity contribution is 8.00. The molecule has 0 heterocycles. The molecule has 0 spiro atoms. The van der Waals surface area contributed by atoms with Crippen molar-refractivity contribution in [1.82, 2.24) is 5.32 Å². The van der Waals surface area contributed by atoms with Crippen LogP contribution in [0, 0.1) is 6.92 Å². The second-order valence-corrected chi connectivity index (χ2v) is 11.1. The first kappa shape index (κ1) is 33.0. The Morgan fingerprint density at radius 1 is 0.822 bits per heavy atom. The van der Waals surface area contributed by atoms with Crippen LogP contribution in [0.15, 0.2) is 95.5 Å². The highest BCUT2D eigenvalue weighted by atomic mass is 35.5. The lowest BCUT2D eigenvalue weighted by Crippen LogP contribution is -2.30. The number of rotatable bonds is 12. The molecule has 0 saturated carbocycles. The van der Waals surface area contributed by atoms with E-state index >= 15 is 0 Å². The lowest BCUT2D eigenvalue weighted by atomic mass is 10.1. The van der Waals surface area contributed by atoms with Crippen molar-refractivity contribution in [2.75, 3.05) is 37.7 Å². The van der Waals surface area contributed by atoms with E-state index in [0.717, 1.165) is 10.5 Å². The standard InChI is InChI=1S/C34H32ClN3O6S/c1-21-13-14-24(35)18-27(21)37-31(39)20-45-26-12-8-11-25(19-26)36-34(41)28(38-33(40)23-9-6-5-7-10-23)15-22-16-29(42-2)32(44-4)30(17-22)43-3/h5-19H,20H2,1-4H3,(H,36,41)(H,37,39)(H,38,40)/b28-15+. The zero-order valence-corrected chi connectivity index (χ0v) is 26.7. The molecule has 4 aromatic carbocycles. The van der Waals surface area contributed by atoms with Gasteiger partial charge in [0.1, 0.15) is 5.70 Å². The van der Waals surface area contributed by atoms with Crippen LogP contribution >= 0.6 is 23.4 Å². The summed E-state index contributed by atoms with van der Waals surface area (Å²) >= 11 is 7.37. The second-order valence-electron chi connectivity index (χ2n) is 9.61. The number of nitrogens with one attached hydrogen (secondary N) is 3. The molecule has 3 N–H and O–H groups in total. The van der Waals surface area contributed by atoms with Gasteiger partial charge in [0.05, 0.1) is 27.1 Å². The number of carbonyl (C=O) groups excluding carboxylic acids is 3. The molecule has 0 aliphatic rings. The lowest BCUT2D eigenvalue weighted by Gasteiger charge is -2.15. The summed E-state index contributed by atoms with van der Waals surface area (Å²) in [5, 5.41) is 8.97. The Labute approximate surface area is 270 Å². The molecule has 11 heteroatoms. The Balaban J connectivity index is 1.54. The summed E-state index contributed by atoms with van der Waals surface area (Å²) in [5.74, 6) is 0.0799. The molecule has 45 heavy (non-hydrogen) atoms. The van der Waals surface area contributed by atoms with Gasteiger partial charge in [-0.05, 0) is 78.7 Å². The van der Waals surface area contributed by atoms with E-state index < -0.39 is 11.8 Å². The van der Waals surface area contributed by atoms with E-state index in [1.54, 1.807) is 72.8 Å². The number of methoxy groups -OCH3 is 3. The van der Waals surface area contributed by atoms with Crippen LogP contribution in [0.5, 0.6) is 17.2 Å². The predicted octanol–water partition coefficient (Wildman–Crippen LogP) is 6.81. The van der Waals surface area contributed by atoms with E-state index in [1.807, 2.05) is 19.1 Å². The largest absolute Gasteiger partial charge is 0.493 e. The van der Waals surface area contributed by atoms with Crippen LogP contribution in [0.25, 0.3) is 6.08 Å². The average molecular weight is 646 g/mol. The highest BCUT2D eigenvalue weighted by Crippen LogP contribution is 2.38. The third kappa shape index (κ3) is 9.04. The van der Waals surface area contributed by atoms with Gasteiger partial charge < -0.3 is 30.2 Å². The fourth-order valence-electron chi connectivity index (χ4n) is 4.22. The third-order valence-electron chi connectivity index (χ3n) is 6.46. The normalized spacial score (nSPS) is 10.9. The van der Waals surface area contributed by atoms with Crippen LogP contribution in [0.3, 0.4) is 0 Å². The van der Waals surface area contributed by atoms with Crippen molar-refractivity contribution in [2.45, 2.75) is 11.8 Å². The summed E-state index contributed by atoms with van der Waals surface area (Å²) in [6.07, 6.45) is 1.52. The van der Waals surface area contributed by atoms with Crippen LogP contribution in [-0.4, -0.2) is 44.8 Å². The van der Waals surface area contributed by atoms with E-state index in [4.69, 9.17) is 25.8 Å². The van der Waals surface area contributed by atoms with E-state index in [-0.39, 0.29) is 17.4 Å². The molecule has 0 aliphatic carbocycles. The quantitative estimate of drug-likeness (QED) is 0.114. The summed E-state index contributed by atoms with van der Waals surface area (Å²) in [6.45, 7) is 1.89. The fraction of sp³-hybridized carbons (Fsp3) is 0.147. The molecular formula is C34H32ClN3O6S. The number of amides is 3. The number of anilines is 2. The minimum absolute atomic E-state index is 0.0209. The van der Waals surface area contributed by atoms with Crippen molar-refractivity contribution in [3.63, 3.8) is 0 Å². The van der Waals surface area contributed by atoms with Gasteiger partial charge in [0, 0.05) is 26.9 Å². The molecule has 4 aromatic rings. The minimum Gasteiger partial charge on any atom is -0.493 e. The van der Waals surface area contributed by atoms with Gasteiger partial charge in [-0.15, -0.1) is 11.8 Å². The lowest BCUT2D eigenvalue weighted by molar-refractivity contribution is -0.114. The molecule has 4 rings (SSSR count). The molecule has 0 saturated heterocycles. The predicted molar refractivity (Wildman–Crippen MR) is 179 cm³/mol. The van der Waals surface area contributed by atoms with Gasteiger partial charge in [-0.3, -0.25) is 14.4 Å². The van der Waals surface area contributed by atoms with Crippen molar-refractivity contribution in [2.24, 2.45) is 0 Å². The molecule has 232 valence electrons. The monoisotopic (exact) mass is 645 g/mol. The highest BCUT2D eigenvalue weighted by Gasteiger charge is 2.18. The molecule has 0 unspecified atom stereocenters. The van der Waals surface area contributed by atoms with E-state index in [1.165, 1.54) is 39.2 Å². The average Bonchev–Trinajstić information content (AvgIpc) is 3.05. The molecule has 0 fully saturated rings. The molecule has 0 aliphatic heterocycles. The van der Waals surface area contributed by atoms with Gasteiger partial charge in [0.2, 0.25) is 11.7 Å². The maximum atomic E-state index is 13.6. The SMILES string of the molecule is COc1cc(/C=C(/NC(=O)c2ccccc2)C(=O)Nc2cccc(SCC(=O)Nc3cc(Cl)ccc3C)c2)cc(OC)c1OC. The van der Waals surface area contributed by atoms with Gasteiger partial charge in [0.25, 0.3) is 11.8 Å². The summed E-state index contributed by atoms with van der Waals surface area (Å²) in [6, 6.07) is 24.3. The molecule has 0 radical (unpaired) electrons. The Kier molecular flexibility index (Phi) is 11.5. The first-order valence-corrected chi connectivity index (χ1v) is 15.1. The molecule has 3 amide bonds. The van der Waals surface area contributed by atoms with E-state index in [2.05, 4.69) is 16.0 Å². The first-order valence-electron chi connectivity index (χ1n) is 13.7. The number of aryl methyl sites for hydroxylation is 1. The number of ether oxygens (including phenoxy) is 3. The molecule has 0 bridgehead atoms. The van der Waals surface area contributed by atoms with Crippen LogP contribution < -0.4 is 30.2 Å². The maximum Gasteiger partial charge on any atom is 0.272 e. The van der Waals surface area contributed by atoms with Gasteiger partial charge >= 0.3 is 0 Å².